The van der Waals surface area contributed by atoms with Crippen LogP contribution in [0.15, 0.2) is 18.2 Å². The highest BCUT2D eigenvalue weighted by Crippen LogP contribution is 2.22. The van der Waals surface area contributed by atoms with Crippen molar-refractivity contribution in [2.45, 2.75) is 32.5 Å². The van der Waals surface area contributed by atoms with E-state index >= 15 is 0 Å². The van der Waals surface area contributed by atoms with Gasteiger partial charge in [0.2, 0.25) is 0 Å². The molecule has 1 heterocycles. The highest BCUT2D eigenvalue weighted by atomic mass is 19.1. The van der Waals surface area contributed by atoms with Crippen molar-refractivity contribution in [3.8, 4) is 0 Å². The van der Waals surface area contributed by atoms with Crippen molar-refractivity contribution in [2.75, 3.05) is 26.2 Å². The molecule has 2 atom stereocenters. The van der Waals surface area contributed by atoms with E-state index < -0.39 is 17.7 Å². The van der Waals surface area contributed by atoms with Crippen LogP contribution >= 0.6 is 0 Å². The third-order valence-electron chi connectivity index (χ3n) is 3.64. The average Bonchev–Trinajstić information content (AvgIpc) is 2.86. The van der Waals surface area contributed by atoms with E-state index in [2.05, 4.69) is 13.8 Å². The van der Waals surface area contributed by atoms with Crippen LogP contribution < -0.4 is 0 Å². The Hall–Kier alpha value is -1.04. The normalized spacial score (nSPS) is 21.1. The molecule has 0 aliphatic carbocycles. The minimum atomic E-state index is -1.02. The second-order valence-electron chi connectivity index (χ2n) is 6.08. The van der Waals surface area contributed by atoms with Gasteiger partial charge in [-0.15, -0.1) is 0 Å². The van der Waals surface area contributed by atoms with E-state index in [0.717, 1.165) is 44.3 Å². The third-order valence-corrected chi connectivity index (χ3v) is 3.64. The molecule has 1 fully saturated rings. The number of β-amino-alcohol motifs (C(OH)–C–C–N with tert-alkyl or cyclic N) is 1. The van der Waals surface area contributed by atoms with E-state index in [0.29, 0.717) is 12.5 Å². The lowest BCUT2D eigenvalue weighted by molar-refractivity contribution is 0.0372. The molecule has 1 aromatic carbocycles. The first-order valence-electron chi connectivity index (χ1n) is 7.42. The molecule has 3 nitrogen and oxygen atoms in total. The van der Waals surface area contributed by atoms with E-state index in [1.54, 1.807) is 0 Å². The highest BCUT2D eigenvalue weighted by Gasteiger charge is 2.26. The van der Waals surface area contributed by atoms with Crippen molar-refractivity contribution in [3.05, 3.63) is 35.4 Å². The summed E-state index contributed by atoms with van der Waals surface area (Å²) in [5, 5.41) is 10.1. The zero-order valence-corrected chi connectivity index (χ0v) is 12.6. The molecule has 0 amide bonds. The number of aliphatic hydroxyl groups excluding tert-OH is 1. The van der Waals surface area contributed by atoms with Gasteiger partial charge in [0.25, 0.3) is 0 Å². The topological polar surface area (TPSA) is 32.7 Å². The van der Waals surface area contributed by atoms with Crippen LogP contribution in [0.3, 0.4) is 0 Å². The Labute approximate surface area is 124 Å². The molecule has 1 aromatic rings. The van der Waals surface area contributed by atoms with E-state index in [4.69, 9.17) is 4.74 Å². The molecular formula is C16H23F2NO2. The van der Waals surface area contributed by atoms with Crippen molar-refractivity contribution in [2.24, 2.45) is 5.92 Å². The van der Waals surface area contributed by atoms with Gasteiger partial charge in [-0.25, -0.2) is 8.78 Å². The maximum atomic E-state index is 13.6. The Bertz CT molecular complexity index is 468. The zero-order chi connectivity index (χ0) is 15.4. The monoisotopic (exact) mass is 299 g/mol. The van der Waals surface area contributed by atoms with E-state index in [9.17, 15) is 13.9 Å². The van der Waals surface area contributed by atoms with Crippen LogP contribution in [0.5, 0.6) is 0 Å². The van der Waals surface area contributed by atoms with E-state index in [1.165, 1.54) is 0 Å². The summed E-state index contributed by atoms with van der Waals surface area (Å²) in [6.07, 6.45) is 0.0481. The van der Waals surface area contributed by atoms with Crippen molar-refractivity contribution < 1.29 is 18.6 Å². The standard InChI is InChI=1S/C16H23F2NO2/c1-11(2)10-21-13-5-6-19(8-13)9-16(20)14-7-12(17)3-4-15(14)18/h3-4,7,11,13,16,20H,5-6,8-10H2,1-2H3. The Morgan fingerprint density at radius 3 is 2.86 bits per heavy atom. The number of aliphatic hydroxyl groups is 1. The summed E-state index contributed by atoms with van der Waals surface area (Å²) in [6.45, 7) is 6.74. The Morgan fingerprint density at radius 1 is 1.38 bits per heavy atom. The average molecular weight is 299 g/mol. The number of rotatable bonds is 6. The number of benzene rings is 1. The zero-order valence-electron chi connectivity index (χ0n) is 12.6. The number of halogens is 2. The lowest BCUT2D eigenvalue weighted by Crippen LogP contribution is -2.29. The molecular weight excluding hydrogens is 276 g/mol. The Kier molecular flexibility index (Phi) is 5.67. The van der Waals surface area contributed by atoms with Gasteiger partial charge in [-0.05, 0) is 30.5 Å². The summed E-state index contributed by atoms with van der Waals surface area (Å²) >= 11 is 0. The fourth-order valence-corrected chi connectivity index (χ4v) is 2.54. The lowest BCUT2D eigenvalue weighted by atomic mass is 10.1. The molecule has 21 heavy (non-hydrogen) atoms. The van der Waals surface area contributed by atoms with Crippen LogP contribution in [0.2, 0.25) is 0 Å². The SMILES string of the molecule is CC(C)COC1CCN(CC(O)c2cc(F)ccc2F)C1. The molecule has 2 unspecified atom stereocenters. The molecule has 0 aromatic heterocycles. The predicted molar refractivity (Wildman–Crippen MR) is 77.0 cm³/mol. The molecule has 1 aliphatic rings. The number of hydrogen-bond acceptors (Lipinski definition) is 3. The molecule has 0 bridgehead atoms. The van der Waals surface area contributed by atoms with Gasteiger partial charge in [0.1, 0.15) is 11.6 Å². The lowest BCUT2D eigenvalue weighted by Gasteiger charge is -2.21. The number of nitrogens with zero attached hydrogens (tertiary/aromatic N) is 1. The van der Waals surface area contributed by atoms with Crippen LogP contribution in [0.25, 0.3) is 0 Å². The van der Waals surface area contributed by atoms with Crippen molar-refractivity contribution in [1.82, 2.24) is 4.90 Å². The van der Waals surface area contributed by atoms with Crippen LogP contribution in [0.4, 0.5) is 8.78 Å². The molecule has 1 saturated heterocycles. The molecule has 0 radical (unpaired) electrons. The molecule has 5 heteroatoms. The second kappa shape index (κ2) is 7.29. The van der Waals surface area contributed by atoms with Crippen molar-refractivity contribution in [3.63, 3.8) is 0 Å². The smallest absolute Gasteiger partial charge is 0.129 e. The quantitative estimate of drug-likeness (QED) is 0.876. The molecule has 1 aliphatic heterocycles. The Morgan fingerprint density at radius 2 is 2.14 bits per heavy atom. The van der Waals surface area contributed by atoms with Crippen LogP contribution in [-0.4, -0.2) is 42.4 Å². The van der Waals surface area contributed by atoms with Crippen LogP contribution in [0, 0.1) is 17.6 Å². The van der Waals surface area contributed by atoms with Gasteiger partial charge in [-0.2, -0.15) is 0 Å². The molecule has 1 N–H and O–H groups in total. The van der Waals surface area contributed by atoms with Gasteiger partial charge in [-0.3, -0.25) is 4.90 Å². The molecule has 2 rings (SSSR count). The fourth-order valence-electron chi connectivity index (χ4n) is 2.54. The minimum absolute atomic E-state index is 0.0153. The first kappa shape index (κ1) is 16.3. The molecule has 0 saturated carbocycles. The summed E-state index contributed by atoms with van der Waals surface area (Å²) in [6, 6.07) is 3.16. The van der Waals surface area contributed by atoms with Crippen LogP contribution in [-0.2, 0) is 4.74 Å². The maximum Gasteiger partial charge on any atom is 0.129 e. The van der Waals surface area contributed by atoms with E-state index in [1.807, 2.05) is 4.90 Å². The molecule has 0 spiro atoms. The largest absolute Gasteiger partial charge is 0.387 e. The van der Waals surface area contributed by atoms with Crippen molar-refractivity contribution >= 4 is 0 Å². The number of hydrogen-bond donors (Lipinski definition) is 1. The van der Waals surface area contributed by atoms with Gasteiger partial charge < -0.3 is 9.84 Å². The summed E-state index contributed by atoms with van der Waals surface area (Å²) in [5.74, 6) is -0.619. The Balaban J connectivity index is 1.86. The summed E-state index contributed by atoms with van der Waals surface area (Å²) < 4.78 is 32.5. The van der Waals surface area contributed by atoms with Crippen molar-refractivity contribution in [1.29, 1.82) is 0 Å². The van der Waals surface area contributed by atoms with Crippen LogP contribution in [0.1, 0.15) is 31.9 Å². The number of likely N-dealkylation sites (tertiary alicyclic amines) is 1. The van der Waals surface area contributed by atoms with E-state index in [-0.39, 0.29) is 11.7 Å². The van der Waals surface area contributed by atoms with Gasteiger partial charge in [0.05, 0.1) is 12.2 Å². The maximum absolute atomic E-state index is 13.6. The predicted octanol–water partition coefficient (Wildman–Crippen LogP) is 2.75. The third kappa shape index (κ3) is 4.73. The second-order valence-corrected chi connectivity index (χ2v) is 6.08. The summed E-state index contributed by atoms with van der Waals surface area (Å²) in [7, 11) is 0. The first-order valence-corrected chi connectivity index (χ1v) is 7.42. The van der Waals surface area contributed by atoms with Gasteiger partial charge in [0.15, 0.2) is 0 Å². The summed E-state index contributed by atoms with van der Waals surface area (Å²) in [4.78, 5) is 2.03. The summed E-state index contributed by atoms with van der Waals surface area (Å²) in [5.41, 5.74) is 0.0153. The first-order chi connectivity index (χ1) is 9.95. The number of ether oxygens (including phenoxy) is 1. The van der Waals surface area contributed by atoms with Gasteiger partial charge in [0, 0.05) is 31.8 Å². The van der Waals surface area contributed by atoms with Gasteiger partial charge >= 0.3 is 0 Å². The highest BCUT2D eigenvalue weighted by molar-refractivity contribution is 5.21. The fraction of sp³-hybridized carbons (Fsp3) is 0.625. The molecule has 118 valence electrons. The van der Waals surface area contributed by atoms with Gasteiger partial charge in [-0.1, -0.05) is 13.8 Å². The minimum Gasteiger partial charge on any atom is -0.387 e.